The number of fused-ring (bicyclic) bond motifs is 1. The molecule has 2 aromatic rings. The molecule has 126 valence electrons. The van der Waals surface area contributed by atoms with Crippen LogP contribution >= 0.6 is 11.6 Å². The largest absolute Gasteiger partial charge is 0.486 e. The number of halogens is 1. The summed E-state index contributed by atoms with van der Waals surface area (Å²) >= 11 is 5.99. The minimum Gasteiger partial charge on any atom is -0.486 e. The van der Waals surface area contributed by atoms with E-state index >= 15 is 0 Å². The number of rotatable bonds is 5. The number of benzene rings is 2. The molecular weight excluding hydrogens is 330 g/mol. The Bertz CT molecular complexity index is 735. The van der Waals surface area contributed by atoms with Crippen LogP contribution in [0.5, 0.6) is 17.2 Å². The summed E-state index contributed by atoms with van der Waals surface area (Å²) in [5.74, 6) is 1.69. The molecule has 2 aromatic carbocycles. The molecule has 0 bridgehead atoms. The van der Waals surface area contributed by atoms with Crippen molar-refractivity contribution in [3.05, 3.63) is 53.1 Å². The number of nitrogens with one attached hydrogen (secondary N) is 1. The molecule has 3 rings (SSSR count). The highest BCUT2D eigenvalue weighted by molar-refractivity contribution is 6.32. The van der Waals surface area contributed by atoms with E-state index in [1.807, 2.05) is 25.1 Å². The zero-order chi connectivity index (χ0) is 16.9. The predicted octanol–water partition coefficient (Wildman–Crippen LogP) is 3.37. The Labute approximate surface area is 145 Å². The van der Waals surface area contributed by atoms with Crippen LogP contribution in [0.25, 0.3) is 0 Å². The lowest BCUT2D eigenvalue weighted by Crippen LogP contribution is -2.31. The highest BCUT2D eigenvalue weighted by Crippen LogP contribution is 2.32. The van der Waals surface area contributed by atoms with Crippen LogP contribution in [0, 0.1) is 0 Å². The quantitative estimate of drug-likeness (QED) is 0.901. The van der Waals surface area contributed by atoms with Gasteiger partial charge in [0.2, 0.25) is 0 Å². The lowest BCUT2D eigenvalue weighted by Gasteiger charge is -2.21. The van der Waals surface area contributed by atoms with Crippen molar-refractivity contribution in [2.45, 2.75) is 13.0 Å². The Morgan fingerprint density at radius 2 is 1.96 bits per heavy atom. The van der Waals surface area contributed by atoms with Gasteiger partial charge in [0.25, 0.3) is 5.91 Å². The van der Waals surface area contributed by atoms with Gasteiger partial charge in [-0.15, -0.1) is 0 Å². The molecule has 24 heavy (non-hydrogen) atoms. The average Bonchev–Trinajstić information content (AvgIpc) is 2.60. The van der Waals surface area contributed by atoms with Gasteiger partial charge < -0.3 is 19.5 Å². The van der Waals surface area contributed by atoms with Crippen molar-refractivity contribution >= 4 is 17.5 Å². The summed E-state index contributed by atoms with van der Waals surface area (Å²) in [4.78, 5) is 12.1. The van der Waals surface area contributed by atoms with Gasteiger partial charge in [-0.25, -0.2) is 0 Å². The fourth-order valence-corrected chi connectivity index (χ4v) is 2.59. The molecule has 1 atom stereocenters. The van der Waals surface area contributed by atoms with E-state index in [9.17, 15) is 4.79 Å². The summed E-state index contributed by atoms with van der Waals surface area (Å²) in [6.45, 7) is 2.89. The van der Waals surface area contributed by atoms with Crippen molar-refractivity contribution in [3.63, 3.8) is 0 Å². The van der Waals surface area contributed by atoms with E-state index in [2.05, 4.69) is 5.32 Å². The second kappa shape index (κ2) is 7.45. The van der Waals surface area contributed by atoms with Crippen molar-refractivity contribution < 1.29 is 19.0 Å². The molecule has 1 N–H and O–H groups in total. The molecule has 0 unspecified atom stereocenters. The molecule has 0 aromatic heterocycles. The summed E-state index contributed by atoms with van der Waals surface area (Å²) in [5, 5.41) is 3.37. The third kappa shape index (κ3) is 3.92. The summed E-state index contributed by atoms with van der Waals surface area (Å²) in [7, 11) is 0. The summed E-state index contributed by atoms with van der Waals surface area (Å²) in [6, 6.07) is 12.5. The van der Waals surface area contributed by atoms with Crippen LogP contribution in [0.3, 0.4) is 0 Å². The Hall–Kier alpha value is -2.40. The van der Waals surface area contributed by atoms with Crippen molar-refractivity contribution in [1.29, 1.82) is 0 Å². The van der Waals surface area contributed by atoms with E-state index in [1.165, 1.54) is 0 Å². The second-order valence-electron chi connectivity index (χ2n) is 5.41. The zero-order valence-electron chi connectivity index (χ0n) is 13.3. The van der Waals surface area contributed by atoms with Crippen LogP contribution in [-0.4, -0.2) is 25.7 Å². The van der Waals surface area contributed by atoms with Gasteiger partial charge in [-0.3, -0.25) is 4.79 Å². The van der Waals surface area contributed by atoms with Crippen LogP contribution in [0.2, 0.25) is 5.02 Å². The van der Waals surface area contributed by atoms with E-state index < -0.39 is 0 Å². The molecule has 1 aliphatic rings. The SMILES string of the molecule is C[C@H](NC(=O)COc1ccccc1Cl)c1ccc2c(c1)OCCO2. The minimum atomic E-state index is -0.225. The van der Waals surface area contributed by atoms with Crippen molar-refractivity contribution in [2.75, 3.05) is 19.8 Å². The molecule has 0 radical (unpaired) electrons. The molecule has 1 amide bonds. The topological polar surface area (TPSA) is 56.8 Å². The highest BCUT2D eigenvalue weighted by atomic mass is 35.5. The number of amides is 1. The summed E-state index contributed by atoms with van der Waals surface area (Å²) < 4.78 is 16.5. The van der Waals surface area contributed by atoms with Gasteiger partial charge in [0, 0.05) is 0 Å². The summed E-state index contributed by atoms with van der Waals surface area (Å²) in [6.07, 6.45) is 0. The van der Waals surface area contributed by atoms with Gasteiger partial charge in [0.05, 0.1) is 11.1 Å². The molecular formula is C18H18ClNO4. The Kier molecular flexibility index (Phi) is 5.11. The molecule has 5 nitrogen and oxygen atoms in total. The number of ether oxygens (including phenoxy) is 3. The van der Waals surface area contributed by atoms with Gasteiger partial charge >= 0.3 is 0 Å². The average molecular weight is 348 g/mol. The number of para-hydroxylation sites is 1. The Morgan fingerprint density at radius 3 is 2.75 bits per heavy atom. The van der Waals surface area contributed by atoms with E-state index in [-0.39, 0.29) is 18.6 Å². The highest BCUT2D eigenvalue weighted by Gasteiger charge is 2.16. The molecule has 0 saturated carbocycles. The first-order valence-corrected chi connectivity index (χ1v) is 8.07. The predicted molar refractivity (Wildman–Crippen MR) is 90.9 cm³/mol. The lowest BCUT2D eigenvalue weighted by atomic mass is 10.1. The van der Waals surface area contributed by atoms with E-state index in [4.69, 9.17) is 25.8 Å². The zero-order valence-corrected chi connectivity index (χ0v) is 14.0. The molecule has 0 saturated heterocycles. The van der Waals surface area contributed by atoms with Gasteiger partial charge in [-0.1, -0.05) is 29.8 Å². The van der Waals surface area contributed by atoms with Crippen molar-refractivity contribution in [1.82, 2.24) is 5.32 Å². The molecule has 0 aliphatic carbocycles. The van der Waals surface area contributed by atoms with Gasteiger partial charge in [-0.2, -0.15) is 0 Å². The Balaban J connectivity index is 1.57. The monoisotopic (exact) mass is 347 g/mol. The van der Waals surface area contributed by atoms with Gasteiger partial charge in [-0.05, 0) is 36.8 Å². The maximum Gasteiger partial charge on any atom is 0.258 e. The van der Waals surface area contributed by atoms with Gasteiger partial charge in [0.1, 0.15) is 19.0 Å². The molecule has 1 aliphatic heterocycles. The third-order valence-corrected chi connectivity index (χ3v) is 3.95. The normalized spacial score (nSPS) is 13.9. The van der Waals surface area contributed by atoms with Crippen LogP contribution in [0.1, 0.15) is 18.5 Å². The maximum absolute atomic E-state index is 12.1. The number of carbonyl (C=O) groups is 1. The fourth-order valence-electron chi connectivity index (χ4n) is 2.40. The summed E-state index contributed by atoms with van der Waals surface area (Å²) in [5.41, 5.74) is 0.936. The number of hydrogen-bond donors (Lipinski definition) is 1. The number of carbonyl (C=O) groups excluding carboxylic acids is 1. The Morgan fingerprint density at radius 1 is 1.21 bits per heavy atom. The van der Waals surface area contributed by atoms with Crippen LogP contribution < -0.4 is 19.5 Å². The molecule has 0 fully saturated rings. The maximum atomic E-state index is 12.1. The number of hydrogen-bond acceptors (Lipinski definition) is 4. The van der Waals surface area contributed by atoms with E-state index in [0.717, 1.165) is 11.3 Å². The molecule has 6 heteroatoms. The first-order chi connectivity index (χ1) is 11.6. The van der Waals surface area contributed by atoms with Crippen molar-refractivity contribution in [3.8, 4) is 17.2 Å². The van der Waals surface area contributed by atoms with Crippen molar-refractivity contribution in [2.24, 2.45) is 0 Å². The second-order valence-corrected chi connectivity index (χ2v) is 5.82. The smallest absolute Gasteiger partial charge is 0.258 e. The van der Waals surface area contributed by atoms with Crippen LogP contribution in [0.4, 0.5) is 0 Å². The lowest BCUT2D eigenvalue weighted by molar-refractivity contribution is -0.123. The molecule has 0 spiro atoms. The third-order valence-electron chi connectivity index (χ3n) is 3.64. The van der Waals surface area contributed by atoms with E-state index in [1.54, 1.807) is 24.3 Å². The van der Waals surface area contributed by atoms with E-state index in [0.29, 0.717) is 29.7 Å². The first kappa shape index (κ1) is 16.5. The van der Waals surface area contributed by atoms with Crippen LogP contribution in [0.15, 0.2) is 42.5 Å². The van der Waals surface area contributed by atoms with Crippen LogP contribution in [-0.2, 0) is 4.79 Å². The molecule has 1 heterocycles. The fraction of sp³-hybridized carbons (Fsp3) is 0.278. The first-order valence-electron chi connectivity index (χ1n) is 7.70. The minimum absolute atomic E-state index is 0.0986. The van der Waals surface area contributed by atoms with Gasteiger partial charge in [0.15, 0.2) is 18.1 Å². The standard InChI is InChI=1S/C18H18ClNO4/c1-12(13-6-7-16-17(10-13)23-9-8-22-16)20-18(21)11-24-15-5-3-2-4-14(15)19/h2-7,10,12H,8-9,11H2,1H3,(H,20,21)/t12-/m0/s1.